The van der Waals surface area contributed by atoms with Crippen LogP contribution in [0.15, 0.2) is 0 Å². The van der Waals surface area contributed by atoms with E-state index in [1.165, 1.54) is 13.8 Å². The Bertz CT molecular complexity index is 484. The Kier molecular flexibility index (Phi) is 9.73. The minimum atomic E-state index is -1.04. The Morgan fingerprint density at radius 1 is 1.08 bits per heavy atom. The maximum absolute atomic E-state index is 11.6. The molecule has 0 radical (unpaired) electrons. The predicted octanol–water partition coefficient (Wildman–Crippen LogP) is 1.07. The van der Waals surface area contributed by atoms with Crippen molar-refractivity contribution >= 4 is 23.9 Å². The fourth-order valence-corrected chi connectivity index (χ4v) is 2.36. The van der Waals surface area contributed by atoms with Crippen molar-refractivity contribution in [3.8, 4) is 0 Å². The van der Waals surface area contributed by atoms with E-state index in [0.717, 1.165) is 6.92 Å². The molecule has 1 N–H and O–H groups in total. The van der Waals surface area contributed by atoms with Crippen LogP contribution in [-0.4, -0.2) is 59.5 Å². The number of hydrogen-bond acceptors (Lipinski definition) is 8. The zero-order valence-corrected chi connectivity index (χ0v) is 15.3. The molecule has 2 saturated heterocycles. The molecule has 0 amide bonds. The average Bonchev–Trinajstić information content (AvgIpc) is 2.76. The van der Waals surface area contributed by atoms with E-state index in [1.807, 2.05) is 13.8 Å². The van der Waals surface area contributed by atoms with Gasteiger partial charge in [0.25, 0.3) is 5.97 Å². The number of carboxylic acids is 1. The highest BCUT2D eigenvalue weighted by atomic mass is 16.7. The molecule has 144 valence electrons. The topological polar surface area (TPSA) is 125 Å². The summed E-state index contributed by atoms with van der Waals surface area (Å²) in [4.78, 5) is 42.5. The first-order valence-corrected chi connectivity index (χ1v) is 8.01. The number of rotatable bonds is 2. The smallest absolute Gasteiger partial charge is 0.350 e. The summed E-state index contributed by atoms with van der Waals surface area (Å²) in [6, 6.07) is 0. The van der Waals surface area contributed by atoms with Gasteiger partial charge in [0.05, 0.1) is 6.10 Å². The van der Waals surface area contributed by atoms with Crippen molar-refractivity contribution in [2.24, 2.45) is 0 Å². The molecular formula is C16H26O9. The zero-order valence-electron chi connectivity index (χ0n) is 15.3. The fraction of sp³-hybridized carbons (Fsp3) is 0.750. The Balaban J connectivity index is 0.000000845. The van der Waals surface area contributed by atoms with E-state index in [0.29, 0.717) is 6.42 Å². The molecule has 2 aliphatic heterocycles. The van der Waals surface area contributed by atoms with Crippen LogP contribution in [0, 0.1) is 0 Å². The van der Waals surface area contributed by atoms with Crippen LogP contribution in [-0.2, 0) is 38.1 Å². The molecule has 0 bridgehead atoms. The summed E-state index contributed by atoms with van der Waals surface area (Å²) in [5, 5.41) is 7.42. The van der Waals surface area contributed by atoms with Gasteiger partial charge in [-0.2, -0.15) is 0 Å². The Labute approximate surface area is 146 Å². The summed E-state index contributed by atoms with van der Waals surface area (Å²) < 4.78 is 20.7. The van der Waals surface area contributed by atoms with Crippen molar-refractivity contribution in [2.75, 3.05) is 0 Å². The second-order valence-electron chi connectivity index (χ2n) is 5.21. The van der Waals surface area contributed by atoms with Gasteiger partial charge in [-0.3, -0.25) is 14.4 Å². The van der Waals surface area contributed by atoms with Gasteiger partial charge in [0, 0.05) is 27.2 Å². The highest BCUT2D eigenvalue weighted by molar-refractivity contribution is 5.81. The van der Waals surface area contributed by atoms with Gasteiger partial charge in [-0.1, -0.05) is 13.8 Å². The molecule has 5 atom stereocenters. The van der Waals surface area contributed by atoms with E-state index in [1.54, 1.807) is 6.92 Å². The monoisotopic (exact) mass is 362 g/mol. The van der Waals surface area contributed by atoms with E-state index in [9.17, 15) is 14.4 Å². The van der Waals surface area contributed by atoms with Crippen molar-refractivity contribution in [3.63, 3.8) is 0 Å². The molecule has 0 aromatic rings. The summed E-state index contributed by atoms with van der Waals surface area (Å²) in [6.45, 7) is 9.34. The first-order chi connectivity index (χ1) is 11.6. The second kappa shape index (κ2) is 10.7. The van der Waals surface area contributed by atoms with Crippen LogP contribution in [0.2, 0.25) is 0 Å². The SMILES string of the molecule is CC.CC(=O)O.CC(=O)OC1C(=O)O[C@@H]2C[C@@H](OC(C)=O)[C@H](C)OC12. The summed E-state index contributed by atoms with van der Waals surface area (Å²) in [7, 11) is 0. The number of esters is 3. The number of hydrogen-bond donors (Lipinski definition) is 1. The molecule has 2 heterocycles. The van der Waals surface area contributed by atoms with Crippen LogP contribution in [0.1, 0.15) is 48.0 Å². The summed E-state index contributed by atoms with van der Waals surface area (Å²) in [6.07, 6.45) is -2.76. The Morgan fingerprint density at radius 3 is 2.00 bits per heavy atom. The van der Waals surface area contributed by atoms with Gasteiger partial charge in [-0.15, -0.1) is 0 Å². The third-order valence-electron chi connectivity index (χ3n) is 3.13. The Hall–Kier alpha value is -2.16. The molecule has 0 aromatic carbocycles. The molecule has 2 aliphatic rings. The van der Waals surface area contributed by atoms with E-state index in [4.69, 9.17) is 28.8 Å². The van der Waals surface area contributed by atoms with Crippen molar-refractivity contribution in [1.82, 2.24) is 0 Å². The summed E-state index contributed by atoms with van der Waals surface area (Å²) in [5.74, 6) is -2.44. The van der Waals surface area contributed by atoms with Crippen LogP contribution in [0.3, 0.4) is 0 Å². The lowest BCUT2D eigenvalue weighted by Crippen LogP contribution is -2.49. The molecule has 0 saturated carbocycles. The fourth-order valence-electron chi connectivity index (χ4n) is 2.36. The van der Waals surface area contributed by atoms with E-state index in [2.05, 4.69) is 0 Å². The van der Waals surface area contributed by atoms with Crippen molar-refractivity contribution in [2.45, 2.75) is 78.5 Å². The van der Waals surface area contributed by atoms with Crippen molar-refractivity contribution < 1.29 is 43.2 Å². The minimum Gasteiger partial charge on any atom is -0.481 e. The molecule has 25 heavy (non-hydrogen) atoms. The van der Waals surface area contributed by atoms with Crippen LogP contribution < -0.4 is 0 Å². The van der Waals surface area contributed by atoms with Crippen LogP contribution in [0.25, 0.3) is 0 Å². The van der Waals surface area contributed by atoms with E-state index < -0.39 is 54.4 Å². The highest BCUT2D eigenvalue weighted by Crippen LogP contribution is 2.33. The normalized spacial score (nSPS) is 29.5. The number of fused-ring (bicyclic) bond motifs is 1. The maximum Gasteiger partial charge on any atom is 0.350 e. The first-order valence-electron chi connectivity index (χ1n) is 8.01. The standard InChI is InChI=1S/C12H16O7.C2H4O2.C2H6/c1-5-8(17-6(2)13)4-9-10(16-5)11(12(15)19-9)18-7(3)14;1-2(3)4;1-2/h5,8-11H,4H2,1-3H3;1H3,(H,3,4);1-2H3/t5-,8+,9+,10?,11?;;/m0../s1. The average molecular weight is 362 g/mol. The van der Waals surface area contributed by atoms with Crippen LogP contribution >= 0.6 is 0 Å². The lowest BCUT2D eigenvalue weighted by Gasteiger charge is -2.35. The number of carboxylic acid groups (broad SMARTS) is 1. The minimum absolute atomic E-state index is 0.342. The summed E-state index contributed by atoms with van der Waals surface area (Å²) >= 11 is 0. The number of aliphatic carboxylic acids is 1. The first kappa shape index (κ1) is 22.8. The second-order valence-corrected chi connectivity index (χ2v) is 5.21. The number of carbonyl (C=O) groups is 4. The molecule has 0 aromatic heterocycles. The summed E-state index contributed by atoms with van der Waals surface area (Å²) in [5.41, 5.74) is 0. The zero-order chi connectivity index (χ0) is 19.7. The molecule has 2 rings (SSSR count). The molecular weight excluding hydrogens is 336 g/mol. The molecule has 2 fully saturated rings. The van der Waals surface area contributed by atoms with Crippen LogP contribution in [0.5, 0.6) is 0 Å². The quantitative estimate of drug-likeness (QED) is 0.567. The molecule has 9 heteroatoms. The van der Waals surface area contributed by atoms with Crippen LogP contribution in [0.4, 0.5) is 0 Å². The van der Waals surface area contributed by atoms with Gasteiger partial charge in [0.15, 0.2) is 0 Å². The Morgan fingerprint density at radius 2 is 1.56 bits per heavy atom. The predicted molar refractivity (Wildman–Crippen MR) is 84.6 cm³/mol. The molecule has 0 aliphatic carbocycles. The largest absolute Gasteiger partial charge is 0.481 e. The van der Waals surface area contributed by atoms with Gasteiger partial charge in [0.1, 0.15) is 18.3 Å². The van der Waals surface area contributed by atoms with Gasteiger partial charge in [0.2, 0.25) is 6.10 Å². The van der Waals surface area contributed by atoms with Gasteiger partial charge >= 0.3 is 17.9 Å². The maximum atomic E-state index is 11.6. The molecule has 0 spiro atoms. The molecule has 9 nitrogen and oxygen atoms in total. The van der Waals surface area contributed by atoms with E-state index in [-0.39, 0.29) is 0 Å². The van der Waals surface area contributed by atoms with Crippen molar-refractivity contribution in [3.05, 3.63) is 0 Å². The lowest BCUT2D eigenvalue weighted by atomic mass is 9.97. The van der Waals surface area contributed by atoms with Gasteiger partial charge < -0.3 is 24.1 Å². The number of ether oxygens (including phenoxy) is 4. The van der Waals surface area contributed by atoms with Gasteiger partial charge in [-0.05, 0) is 6.92 Å². The highest BCUT2D eigenvalue weighted by Gasteiger charge is 2.53. The third kappa shape index (κ3) is 7.51. The third-order valence-corrected chi connectivity index (χ3v) is 3.13. The van der Waals surface area contributed by atoms with Crippen molar-refractivity contribution in [1.29, 1.82) is 0 Å². The molecule has 2 unspecified atom stereocenters. The number of carbonyl (C=O) groups excluding carboxylic acids is 3. The lowest BCUT2D eigenvalue weighted by molar-refractivity contribution is -0.188. The van der Waals surface area contributed by atoms with E-state index >= 15 is 0 Å². The van der Waals surface area contributed by atoms with Gasteiger partial charge in [-0.25, -0.2) is 4.79 Å².